The molecule has 0 radical (unpaired) electrons. The van der Waals surface area contributed by atoms with Crippen molar-refractivity contribution < 1.29 is 22.3 Å². The molecule has 0 unspecified atom stereocenters. The second-order valence-corrected chi connectivity index (χ2v) is 6.27. The fourth-order valence-corrected chi connectivity index (χ4v) is 3.02. The predicted octanol–water partition coefficient (Wildman–Crippen LogP) is 2.72. The maximum atomic E-state index is 13.2. The number of hydrogen-bond donors (Lipinski definition) is 1. The van der Waals surface area contributed by atoms with Gasteiger partial charge in [-0.05, 0) is 48.9 Å². The summed E-state index contributed by atoms with van der Waals surface area (Å²) < 4.78 is 44.5. The van der Waals surface area contributed by atoms with Crippen molar-refractivity contribution in [2.24, 2.45) is 0 Å². The number of hydrogen-bond acceptors (Lipinski definition) is 4. The van der Waals surface area contributed by atoms with E-state index in [4.69, 9.17) is 0 Å². The van der Waals surface area contributed by atoms with E-state index < -0.39 is 21.8 Å². The number of sulfonamides is 1. The summed E-state index contributed by atoms with van der Waals surface area (Å²) >= 11 is 0. The molecule has 22 heavy (non-hydrogen) atoms. The summed E-state index contributed by atoms with van der Waals surface area (Å²) in [5.74, 6) is -1.15. The van der Waals surface area contributed by atoms with E-state index in [-0.39, 0.29) is 4.90 Å². The van der Waals surface area contributed by atoms with E-state index >= 15 is 0 Å². The summed E-state index contributed by atoms with van der Waals surface area (Å²) in [6.45, 7) is 1.65. The van der Waals surface area contributed by atoms with E-state index in [0.29, 0.717) is 16.8 Å². The number of ether oxygens (including phenoxy) is 1. The lowest BCUT2D eigenvalue weighted by Crippen LogP contribution is -2.14. The molecule has 0 aliphatic heterocycles. The number of carbonyl (C=O) groups excluding carboxylic acids is 1. The van der Waals surface area contributed by atoms with Crippen molar-refractivity contribution in [1.29, 1.82) is 0 Å². The van der Waals surface area contributed by atoms with Gasteiger partial charge in [0.1, 0.15) is 5.82 Å². The first-order chi connectivity index (χ1) is 10.3. The van der Waals surface area contributed by atoms with Gasteiger partial charge in [0, 0.05) is 0 Å². The Morgan fingerprint density at radius 3 is 2.50 bits per heavy atom. The molecule has 2 aromatic carbocycles. The molecule has 0 atom stereocenters. The molecule has 0 saturated carbocycles. The number of methoxy groups -OCH3 is 1. The lowest BCUT2D eigenvalue weighted by Gasteiger charge is -2.11. The molecule has 5 nitrogen and oxygen atoms in total. The summed E-state index contributed by atoms with van der Waals surface area (Å²) in [6, 6.07) is 9.12. The van der Waals surface area contributed by atoms with Crippen molar-refractivity contribution in [2.45, 2.75) is 11.8 Å². The van der Waals surface area contributed by atoms with Crippen molar-refractivity contribution in [2.75, 3.05) is 11.8 Å². The third-order valence-electron chi connectivity index (χ3n) is 3.00. The molecular formula is C15H14FNO4S. The molecule has 2 rings (SSSR count). The molecule has 0 aliphatic carbocycles. The molecule has 0 aromatic heterocycles. The van der Waals surface area contributed by atoms with Crippen molar-refractivity contribution in [1.82, 2.24) is 0 Å². The summed E-state index contributed by atoms with van der Waals surface area (Å²) in [4.78, 5) is 11.2. The highest BCUT2D eigenvalue weighted by molar-refractivity contribution is 7.92. The molecule has 0 aliphatic rings. The number of nitrogens with one attached hydrogen (secondary N) is 1. The van der Waals surface area contributed by atoms with Crippen molar-refractivity contribution in [3.05, 3.63) is 59.4 Å². The Morgan fingerprint density at radius 1 is 1.18 bits per heavy atom. The topological polar surface area (TPSA) is 72.5 Å². The van der Waals surface area contributed by atoms with Crippen LogP contribution < -0.4 is 4.72 Å². The van der Waals surface area contributed by atoms with Gasteiger partial charge in [-0.25, -0.2) is 17.6 Å². The van der Waals surface area contributed by atoms with Gasteiger partial charge >= 0.3 is 5.97 Å². The molecular weight excluding hydrogens is 309 g/mol. The van der Waals surface area contributed by atoms with Crippen LogP contribution in [0.5, 0.6) is 0 Å². The molecule has 0 bridgehead atoms. The summed E-state index contributed by atoms with van der Waals surface area (Å²) in [6.07, 6.45) is 0. The molecule has 0 fully saturated rings. The molecule has 116 valence electrons. The standard InChI is InChI=1S/C15H14FNO4S/c1-10-8-11(15(18)21-2)6-7-14(10)17-22(19,20)13-5-3-4-12(16)9-13/h3-9,17H,1-2H3. The minimum atomic E-state index is -3.90. The van der Waals surface area contributed by atoms with Crippen LogP contribution in [-0.2, 0) is 14.8 Å². The fourth-order valence-electron chi connectivity index (χ4n) is 1.86. The van der Waals surface area contributed by atoms with Gasteiger partial charge in [0.15, 0.2) is 0 Å². The second-order valence-electron chi connectivity index (χ2n) is 4.58. The smallest absolute Gasteiger partial charge is 0.337 e. The molecule has 0 saturated heterocycles. The fraction of sp³-hybridized carbons (Fsp3) is 0.133. The van der Waals surface area contributed by atoms with E-state index in [1.54, 1.807) is 6.92 Å². The zero-order valence-electron chi connectivity index (χ0n) is 12.0. The van der Waals surface area contributed by atoms with Gasteiger partial charge in [0.25, 0.3) is 10.0 Å². The number of benzene rings is 2. The number of carbonyl (C=O) groups is 1. The highest BCUT2D eigenvalue weighted by atomic mass is 32.2. The van der Waals surface area contributed by atoms with Gasteiger partial charge in [0.2, 0.25) is 0 Å². The lowest BCUT2D eigenvalue weighted by atomic mass is 10.1. The van der Waals surface area contributed by atoms with Crippen LogP contribution in [0.3, 0.4) is 0 Å². The molecule has 0 spiro atoms. The Hall–Kier alpha value is -2.41. The molecule has 7 heteroatoms. The summed E-state index contributed by atoms with van der Waals surface area (Å²) in [5, 5.41) is 0. The van der Waals surface area contributed by atoms with Crippen LogP contribution in [0, 0.1) is 12.7 Å². The Labute approximate surface area is 127 Å². The van der Waals surface area contributed by atoms with Crippen LogP contribution in [-0.4, -0.2) is 21.5 Å². The van der Waals surface area contributed by atoms with E-state index in [1.165, 1.54) is 37.4 Å². The van der Waals surface area contributed by atoms with Gasteiger partial charge in [-0.3, -0.25) is 4.72 Å². The zero-order chi connectivity index (χ0) is 16.3. The summed E-state index contributed by atoms with van der Waals surface area (Å²) in [5.41, 5.74) is 1.16. The predicted molar refractivity (Wildman–Crippen MR) is 79.7 cm³/mol. The third-order valence-corrected chi connectivity index (χ3v) is 4.36. The average Bonchev–Trinajstić information content (AvgIpc) is 2.48. The van der Waals surface area contributed by atoms with Gasteiger partial charge in [-0.2, -0.15) is 0 Å². The van der Waals surface area contributed by atoms with E-state index in [0.717, 1.165) is 12.1 Å². The van der Waals surface area contributed by atoms with Gasteiger partial charge in [-0.15, -0.1) is 0 Å². The second kappa shape index (κ2) is 6.15. The first-order valence-corrected chi connectivity index (χ1v) is 7.79. The highest BCUT2D eigenvalue weighted by Crippen LogP contribution is 2.21. The number of aryl methyl sites for hydroxylation is 1. The van der Waals surface area contributed by atoms with Crippen LogP contribution in [0.4, 0.5) is 10.1 Å². The SMILES string of the molecule is COC(=O)c1ccc(NS(=O)(=O)c2cccc(F)c2)c(C)c1. The zero-order valence-corrected chi connectivity index (χ0v) is 12.8. The lowest BCUT2D eigenvalue weighted by molar-refractivity contribution is 0.0600. The van der Waals surface area contributed by atoms with Crippen LogP contribution in [0.2, 0.25) is 0 Å². The first kappa shape index (κ1) is 16.0. The normalized spacial score (nSPS) is 11.0. The van der Waals surface area contributed by atoms with E-state index in [2.05, 4.69) is 9.46 Å². The molecule has 0 heterocycles. The van der Waals surface area contributed by atoms with Gasteiger partial charge in [-0.1, -0.05) is 6.07 Å². The average molecular weight is 323 g/mol. The Bertz CT molecular complexity index is 818. The van der Waals surface area contributed by atoms with Crippen LogP contribution in [0.15, 0.2) is 47.4 Å². The van der Waals surface area contributed by atoms with E-state index in [9.17, 15) is 17.6 Å². The highest BCUT2D eigenvalue weighted by Gasteiger charge is 2.16. The first-order valence-electron chi connectivity index (χ1n) is 6.31. The van der Waals surface area contributed by atoms with Crippen LogP contribution >= 0.6 is 0 Å². The number of rotatable bonds is 4. The maximum Gasteiger partial charge on any atom is 0.337 e. The quantitative estimate of drug-likeness (QED) is 0.878. The number of esters is 1. The number of halogens is 1. The van der Waals surface area contributed by atoms with Crippen molar-refractivity contribution in [3.63, 3.8) is 0 Å². The van der Waals surface area contributed by atoms with Gasteiger partial charge < -0.3 is 4.74 Å². The van der Waals surface area contributed by atoms with Crippen LogP contribution in [0.1, 0.15) is 15.9 Å². The maximum absolute atomic E-state index is 13.2. The Balaban J connectivity index is 2.32. The molecule has 0 amide bonds. The Morgan fingerprint density at radius 2 is 1.91 bits per heavy atom. The van der Waals surface area contributed by atoms with E-state index in [1.807, 2.05) is 0 Å². The minimum Gasteiger partial charge on any atom is -0.465 e. The van der Waals surface area contributed by atoms with Gasteiger partial charge in [0.05, 0.1) is 23.3 Å². The summed E-state index contributed by atoms with van der Waals surface area (Å²) in [7, 11) is -2.64. The monoisotopic (exact) mass is 323 g/mol. The third kappa shape index (κ3) is 3.43. The minimum absolute atomic E-state index is 0.177. The molecule has 2 aromatic rings. The van der Waals surface area contributed by atoms with Crippen molar-refractivity contribution in [3.8, 4) is 0 Å². The largest absolute Gasteiger partial charge is 0.465 e. The Kier molecular flexibility index (Phi) is 4.46. The van der Waals surface area contributed by atoms with Crippen molar-refractivity contribution >= 4 is 21.7 Å². The number of anilines is 1. The van der Waals surface area contributed by atoms with Crippen LogP contribution in [0.25, 0.3) is 0 Å². The molecule has 1 N–H and O–H groups in total.